The summed E-state index contributed by atoms with van der Waals surface area (Å²) in [4.78, 5) is 0. The third-order valence-corrected chi connectivity index (χ3v) is 2.08. The molecule has 10 heavy (non-hydrogen) atoms. The van der Waals surface area contributed by atoms with Crippen molar-refractivity contribution < 1.29 is 8.42 Å². The second-order valence-electron chi connectivity index (χ2n) is 2.84. The Morgan fingerprint density at radius 1 is 1.60 bits per heavy atom. The predicted molar refractivity (Wildman–Crippen MR) is 40.6 cm³/mol. The summed E-state index contributed by atoms with van der Waals surface area (Å²) < 4.78 is 21.0. The molecule has 0 fully saturated rings. The van der Waals surface area contributed by atoms with Crippen LogP contribution < -0.4 is 5.14 Å². The van der Waals surface area contributed by atoms with Crippen LogP contribution in [0.1, 0.15) is 13.8 Å². The molecule has 0 amide bonds. The van der Waals surface area contributed by atoms with Crippen LogP contribution in [0, 0.1) is 17.8 Å². The summed E-state index contributed by atoms with van der Waals surface area (Å²) in [5.41, 5.74) is -0.659. The summed E-state index contributed by atoms with van der Waals surface area (Å²) in [5, 5.41) is 4.77. The molecule has 3 nitrogen and oxygen atoms in total. The van der Waals surface area contributed by atoms with Crippen LogP contribution in [0.4, 0.5) is 0 Å². The fourth-order valence-electron chi connectivity index (χ4n) is 0.545. The van der Waals surface area contributed by atoms with E-state index in [-0.39, 0.29) is 5.75 Å². The zero-order chi connectivity index (χ0) is 8.41. The highest BCUT2D eigenvalue weighted by molar-refractivity contribution is 7.89. The van der Waals surface area contributed by atoms with Gasteiger partial charge in [-0.15, -0.1) is 6.42 Å². The summed E-state index contributed by atoms with van der Waals surface area (Å²) in [6, 6.07) is 0. The molecule has 0 aromatic heterocycles. The van der Waals surface area contributed by atoms with Crippen molar-refractivity contribution in [1.82, 2.24) is 0 Å². The van der Waals surface area contributed by atoms with Crippen LogP contribution in [-0.4, -0.2) is 14.2 Å². The minimum absolute atomic E-state index is 0.170. The molecule has 0 rings (SSSR count). The summed E-state index contributed by atoms with van der Waals surface area (Å²) >= 11 is 0. The number of hydrogen-bond donors (Lipinski definition) is 1. The Labute approximate surface area is 61.7 Å². The minimum Gasteiger partial charge on any atom is -0.229 e. The van der Waals surface area contributed by atoms with Crippen molar-refractivity contribution in [2.45, 2.75) is 13.8 Å². The molecule has 0 saturated carbocycles. The summed E-state index contributed by atoms with van der Waals surface area (Å²) in [5.74, 6) is 2.17. The van der Waals surface area contributed by atoms with Gasteiger partial charge in [-0.1, -0.05) is 5.92 Å². The van der Waals surface area contributed by atoms with Gasteiger partial charge < -0.3 is 0 Å². The second-order valence-corrected chi connectivity index (χ2v) is 4.45. The smallest absolute Gasteiger partial charge is 0.210 e. The Morgan fingerprint density at radius 3 is 2.10 bits per heavy atom. The van der Waals surface area contributed by atoms with Crippen LogP contribution in [0.5, 0.6) is 0 Å². The van der Waals surface area contributed by atoms with Crippen LogP contribution in [0.25, 0.3) is 0 Å². The van der Waals surface area contributed by atoms with Gasteiger partial charge in [-0.2, -0.15) is 0 Å². The van der Waals surface area contributed by atoms with Crippen molar-refractivity contribution in [1.29, 1.82) is 0 Å². The molecular formula is C6H11NO2S. The van der Waals surface area contributed by atoms with E-state index >= 15 is 0 Å². The SMILES string of the molecule is C#CC(C)(C)CS(N)(=O)=O. The summed E-state index contributed by atoms with van der Waals surface area (Å²) in [6.07, 6.45) is 5.04. The number of sulfonamides is 1. The highest BCUT2D eigenvalue weighted by Crippen LogP contribution is 2.13. The minimum atomic E-state index is -3.44. The van der Waals surface area contributed by atoms with Gasteiger partial charge in [0.2, 0.25) is 10.0 Å². The van der Waals surface area contributed by atoms with Gasteiger partial charge in [0.15, 0.2) is 0 Å². The van der Waals surface area contributed by atoms with Crippen molar-refractivity contribution in [3.05, 3.63) is 0 Å². The van der Waals surface area contributed by atoms with Crippen LogP contribution >= 0.6 is 0 Å². The maximum Gasteiger partial charge on any atom is 0.210 e. The van der Waals surface area contributed by atoms with Gasteiger partial charge in [0.25, 0.3) is 0 Å². The Bertz CT molecular complexity index is 245. The van der Waals surface area contributed by atoms with E-state index in [9.17, 15) is 8.42 Å². The third kappa shape index (κ3) is 4.36. The van der Waals surface area contributed by atoms with Crippen LogP contribution in [0.3, 0.4) is 0 Å². The maximum absolute atomic E-state index is 10.5. The molecule has 0 aliphatic heterocycles. The predicted octanol–water partition coefficient (Wildman–Crippen LogP) is -0.0657. The first-order valence-electron chi connectivity index (χ1n) is 2.75. The highest BCUT2D eigenvalue weighted by Gasteiger charge is 2.20. The lowest BCUT2D eigenvalue weighted by Crippen LogP contribution is -2.27. The molecule has 0 aliphatic rings. The van der Waals surface area contributed by atoms with Gasteiger partial charge in [0, 0.05) is 5.41 Å². The molecule has 0 aromatic carbocycles. The van der Waals surface area contributed by atoms with Gasteiger partial charge in [-0.05, 0) is 13.8 Å². The van der Waals surface area contributed by atoms with Crippen LogP contribution in [0.2, 0.25) is 0 Å². The molecule has 4 heteroatoms. The molecular weight excluding hydrogens is 150 g/mol. The van der Waals surface area contributed by atoms with E-state index in [4.69, 9.17) is 11.6 Å². The third-order valence-electron chi connectivity index (χ3n) is 0.953. The number of hydrogen-bond acceptors (Lipinski definition) is 2. The van der Waals surface area contributed by atoms with Crippen molar-refractivity contribution in [3.8, 4) is 12.3 Å². The normalized spacial score (nSPS) is 12.6. The molecule has 0 spiro atoms. The average molecular weight is 161 g/mol. The van der Waals surface area contributed by atoms with E-state index in [0.717, 1.165) is 0 Å². The summed E-state index contributed by atoms with van der Waals surface area (Å²) in [6.45, 7) is 3.30. The molecule has 58 valence electrons. The number of rotatable bonds is 2. The zero-order valence-corrected chi connectivity index (χ0v) is 6.90. The lowest BCUT2D eigenvalue weighted by atomic mass is 9.98. The van der Waals surface area contributed by atoms with Gasteiger partial charge in [-0.3, -0.25) is 0 Å². The van der Waals surface area contributed by atoms with Gasteiger partial charge in [-0.25, -0.2) is 13.6 Å². The monoisotopic (exact) mass is 161 g/mol. The molecule has 0 radical (unpaired) electrons. The lowest BCUT2D eigenvalue weighted by molar-refractivity contribution is 0.538. The second kappa shape index (κ2) is 2.60. The van der Waals surface area contributed by atoms with E-state index < -0.39 is 15.4 Å². The first-order valence-corrected chi connectivity index (χ1v) is 4.47. The summed E-state index contributed by atoms with van der Waals surface area (Å²) in [7, 11) is -3.44. The van der Waals surface area contributed by atoms with Crippen LogP contribution in [-0.2, 0) is 10.0 Å². The Kier molecular flexibility index (Phi) is 2.47. The lowest BCUT2D eigenvalue weighted by Gasteiger charge is -2.14. The van der Waals surface area contributed by atoms with Crippen LogP contribution in [0.15, 0.2) is 0 Å². The number of primary sulfonamides is 1. The fraction of sp³-hybridized carbons (Fsp3) is 0.667. The Balaban J connectivity index is 4.35. The van der Waals surface area contributed by atoms with Crippen molar-refractivity contribution >= 4 is 10.0 Å². The molecule has 0 aliphatic carbocycles. The molecule has 0 bridgehead atoms. The fourth-order valence-corrected chi connectivity index (χ4v) is 1.63. The molecule has 0 saturated heterocycles. The van der Waals surface area contributed by atoms with E-state index in [1.807, 2.05) is 0 Å². The van der Waals surface area contributed by atoms with E-state index in [1.54, 1.807) is 13.8 Å². The first-order chi connectivity index (χ1) is 4.27. The highest BCUT2D eigenvalue weighted by atomic mass is 32.2. The molecule has 0 unspecified atom stereocenters. The van der Waals surface area contributed by atoms with Gasteiger partial charge in [0.05, 0.1) is 5.75 Å². The van der Waals surface area contributed by atoms with Gasteiger partial charge in [0.1, 0.15) is 0 Å². The largest absolute Gasteiger partial charge is 0.229 e. The van der Waals surface area contributed by atoms with E-state index in [0.29, 0.717) is 0 Å². The molecule has 0 heterocycles. The van der Waals surface area contributed by atoms with E-state index in [2.05, 4.69) is 5.92 Å². The van der Waals surface area contributed by atoms with E-state index in [1.165, 1.54) is 0 Å². The standard InChI is InChI=1S/C6H11NO2S/c1-4-6(2,3)5-10(7,8)9/h1H,5H2,2-3H3,(H2,7,8,9). The van der Waals surface area contributed by atoms with Gasteiger partial charge >= 0.3 is 0 Å². The quantitative estimate of drug-likeness (QED) is 0.576. The molecule has 0 atom stereocenters. The number of terminal acetylenes is 1. The Hall–Kier alpha value is -0.530. The molecule has 2 N–H and O–H groups in total. The maximum atomic E-state index is 10.5. The van der Waals surface area contributed by atoms with Crippen molar-refractivity contribution in [2.75, 3.05) is 5.75 Å². The zero-order valence-electron chi connectivity index (χ0n) is 6.09. The van der Waals surface area contributed by atoms with Crippen molar-refractivity contribution in [2.24, 2.45) is 10.6 Å². The van der Waals surface area contributed by atoms with Crippen molar-refractivity contribution in [3.63, 3.8) is 0 Å². The first kappa shape index (κ1) is 9.47. The average Bonchev–Trinajstić information content (AvgIpc) is 1.60. The topological polar surface area (TPSA) is 60.2 Å². The Morgan fingerprint density at radius 2 is 2.00 bits per heavy atom. The number of nitrogens with two attached hydrogens (primary N) is 1. The molecule has 0 aromatic rings.